The standard InChI is InChI=1S/C54H64F3NO7Si/c1-50(2,3)63-66(64-51(4,5)6,65-52(7,8)9)61-29-28-60-38-22-18-35(19-23-38)54(34-16-20-36(55)21-17-34)25-24-39-48-46(42-30-37(56)31-43(57)47(42)53(48,10)11)40-32-44(58-26-14-13-15-27-58)45(59-12)33-41(40)49(39)62-54/h16-25,30-33H,13-15,26-29H2,1-12H3. The summed E-state index contributed by atoms with van der Waals surface area (Å²) >= 11 is 0. The molecule has 12 heteroatoms. The lowest BCUT2D eigenvalue weighted by molar-refractivity contribution is -0.135. The molecule has 0 aromatic heterocycles. The summed E-state index contributed by atoms with van der Waals surface area (Å²) in [4.78, 5) is 2.33. The van der Waals surface area contributed by atoms with Crippen LogP contribution in [-0.4, -0.2) is 59.3 Å². The van der Waals surface area contributed by atoms with Crippen LogP contribution in [-0.2, 0) is 28.7 Å². The molecule has 1 unspecified atom stereocenters. The summed E-state index contributed by atoms with van der Waals surface area (Å²) in [6.45, 7) is 23.5. The van der Waals surface area contributed by atoms with E-state index in [2.05, 4.69) is 11.0 Å². The third kappa shape index (κ3) is 9.36. The first-order valence-electron chi connectivity index (χ1n) is 23.0. The second-order valence-corrected chi connectivity index (χ2v) is 23.0. The number of hydrogen-bond acceptors (Lipinski definition) is 8. The number of nitrogens with zero attached hydrogens (tertiary/aromatic N) is 1. The number of benzene rings is 5. The van der Waals surface area contributed by atoms with Gasteiger partial charge in [-0.1, -0.05) is 44.2 Å². The van der Waals surface area contributed by atoms with Crippen LogP contribution >= 0.6 is 0 Å². The summed E-state index contributed by atoms with van der Waals surface area (Å²) in [7, 11) is -2.05. The lowest BCUT2D eigenvalue weighted by Crippen LogP contribution is -2.59. The van der Waals surface area contributed by atoms with Crippen LogP contribution in [0.3, 0.4) is 0 Å². The van der Waals surface area contributed by atoms with Crippen molar-refractivity contribution in [2.75, 3.05) is 38.3 Å². The zero-order valence-corrected chi connectivity index (χ0v) is 41.5. The summed E-state index contributed by atoms with van der Waals surface area (Å²) in [5, 5.41) is 1.53. The Bertz CT molecular complexity index is 2600. The van der Waals surface area contributed by atoms with Crippen LogP contribution < -0.4 is 19.1 Å². The molecule has 0 radical (unpaired) electrons. The highest BCUT2D eigenvalue weighted by Gasteiger charge is 2.54. The Morgan fingerprint density at radius 2 is 1.27 bits per heavy atom. The van der Waals surface area contributed by atoms with Crippen molar-refractivity contribution in [3.63, 3.8) is 0 Å². The predicted octanol–water partition coefficient (Wildman–Crippen LogP) is 13.2. The van der Waals surface area contributed by atoms with Crippen molar-refractivity contribution >= 4 is 31.6 Å². The van der Waals surface area contributed by atoms with Crippen molar-refractivity contribution in [1.82, 2.24) is 0 Å². The van der Waals surface area contributed by atoms with E-state index < -0.39 is 48.5 Å². The molecule has 1 aliphatic carbocycles. The summed E-state index contributed by atoms with van der Waals surface area (Å²) in [5.74, 6) is 0.197. The van der Waals surface area contributed by atoms with Gasteiger partial charge in [-0.25, -0.2) is 13.2 Å². The second kappa shape index (κ2) is 17.3. The monoisotopic (exact) mass is 923 g/mol. The normalized spacial score (nSPS) is 18.2. The number of methoxy groups -OCH3 is 1. The summed E-state index contributed by atoms with van der Waals surface area (Å²) in [5.41, 5.74) is 1.76. The summed E-state index contributed by atoms with van der Waals surface area (Å²) in [6.07, 6.45) is 7.24. The van der Waals surface area contributed by atoms with E-state index in [0.717, 1.165) is 77.1 Å². The molecular weight excluding hydrogens is 860 g/mol. The summed E-state index contributed by atoms with van der Waals surface area (Å²) in [6, 6.07) is 20.4. The van der Waals surface area contributed by atoms with E-state index in [4.69, 9.17) is 31.9 Å². The van der Waals surface area contributed by atoms with E-state index in [1.54, 1.807) is 19.2 Å². The third-order valence-electron chi connectivity index (χ3n) is 12.1. The maximum absolute atomic E-state index is 16.1. The van der Waals surface area contributed by atoms with Gasteiger partial charge >= 0.3 is 9.05 Å². The average molecular weight is 924 g/mol. The third-order valence-corrected chi connectivity index (χ3v) is 15.2. The molecule has 8 rings (SSSR count). The molecule has 1 saturated heterocycles. The van der Waals surface area contributed by atoms with Gasteiger partial charge in [-0.15, -0.1) is 0 Å². The lowest BCUT2D eigenvalue weighted by Gasteiger charge is -2.41. The maximum atomic E-state index is 16.1. The van der Waals surface area contributed by atoms with Crippen molar-refractivity contribution in [2.45, 2.75) is 123 Å². The van der Waals surface area contributed by atoms with Crippen LogP contribution in [0.25, 0.3) is 28.0 Å². The first-order valence-corrected chi connectivity index (χ1v) is 24.6. The zero-order valence-electron chi connectivity index (χ0n) is 40.5. The summed E-state index contributed by atoms with van der Waals surface area (Å²) < 4.78 is 91.7. The Labute approximate surface area is 389 Å². The van der Waals surface area contributed by atoms with Crippen molar-refractivity contribution in [1.29, 1.82) is 0 Å². The van der Waals surface area contributed by atoms with E-state index in [1.165, 1.54) is 18.2 Å². The van der Waals surface area contributed by atoms with Gasteiger partial charge in [-0.3, -0.25) is 0 Å². The molecule has 66 heavy (non-hydrogen) atoms. The van der Waals surface area contributed by atoms with Crippen LogP contribution in [0.4, 0.5) is 18.9 Å². The van der Waals surface area contributed by atoms with Crippen LogP contribution in [0.1, 0.15) is 123 Å². The fourth-order valence-corrected chi connectivity index (χ4v) is 12.6. The molecule has 1 fully saturated rings. The Hall–Kier alpha value is -4.85. The molecular formula is C54H64F3NO7Si. The Morgan fingerprint density at radius 3 is 1.85 bits per heavy atom. The SMILES string of the molecule is COc1cc2c3c(c4c(c2cc1N1CCCCC1)-c1cc(F)cc(F)c1C4(C)C)C=CC(c1ccc(F)cc1)(c1ccc(OCCO[Si](OC(C)(C)C)(OC(C)(C)C)OC(C)(C)C)cc1)O3. The van der Waals surface area contributed by atoms with Crippen LogP contribution in [0, 0.1) is 17.5 Å². The molecule has 3 aliphatic rings. The van der Waals surface area contributed by atoms with E-state index in [1.807, 2.05) is 119 Å². The van der Waals surface area contributed by atoms with Crippen LogP contribution in [0.2, 0.25) is 0 Å². The first-order chi connectivity index (χ1) is 30.9. The number of ether oxygens (including phenoxy) is 3. The van der Waals surface area contributed by atoms with Gasteiger partial charge < -0.3 is 36.8 Å². The minimum atomic E-state index is -3.71. The highest BCUT2D eigenvalue weighted by molar-refractivity contribution is 6.54. The van der Waals surface area contributed by atoms with Crippen LogP contribution in [0.15, 0.2) is 78.9 Å². The van der Waals surface area contributed by atoms with Crippen molar-refractivity contribution in [3.05, 3.63) is 124 Å². The van der Waals surface area contributed by atoms with Crippen LogP contribution in [0.5, 0.6) is 17.2 Å². The molecule has 5 aromatic rings. The minimum Gasteiger partial charge on any atom is -0.495 e. The van der Waals surface area contributed by atoms with E-state index in [9.17, 15) is 4.39 Å². The fraction of sp³-hybridized carbons (Fsp3) is 0.444. The Kier molecular flexibility index (Phi) is 12.5. The molecule has 0 amide bonds. The maximum Gasteiger partial charge on any atom is 0.681 e. The van der Waals surface area contributed by atoms with Gasteiger partial charge in [0.15, 0.2) is 5.60 Å². The quantitative estimate of drug-likeness (QED) is 0.0906. The molecule has 0 N–H and O–H groups in total. The predicted molar refractivity (Wildman–Crippen MR) is 257 cm³/mol. The Morgan fingerprint density at radius 1 is 0.682 bits per heavy atom. The van der Waals surface area contributed by atoms with Gasteiger partial charge in [0.25, 0.3) is 0 Å². The van der Waals surface area contributed by atoms with E-state index >= 15 is 8.78 Å². The number of rotatable bonds is 12. The van der Waals surface area contributed by atoms with E-state index in [-0.39, 0.29) is 19.0 Å². The molecule has 8 nitrogen and oxygen atoms in total. The molecule has 0 bridgehead atoms. The molecule has 0 spiro atoms. The van der Waals surface area contributed by atoms with Gasteiger partial charge in [0.05, 0.1) is 36.2 Å². The molecule has 1 atom stereocenters. The highest BCUT2D eigenvalue weighted by atomic mass is 28.4. The number of anilines is 1. The van der Waals surface area contributed by atoms with Gasteiger partial charge in [0.2, 0.25) is 0 Å². The second-order valence-electron chi connectivity index (χ2n) is 21.1. The smallest absolute Gasteiger partial charge is 0.495 e. The fourth-order valence-electron chi connectivity index (χ4n) is 9.74. The molecule has 0 saturated carbocycles. The van der Waals surface area contributed by atoms with Gasteiger partial charge in [0.1, 0.15) is 41.3 Å². The van der Waals surface area contributed by atoms with Crippen molar-refractivity contribution < 1.29 is 45.1 Å². The topological polar surface area (TPSA) is 67.9 Å². The lowest BCUT2D eigenvalue weighted by atomic mass is 9.76. The Balaban J connectivity index is 1.20. The highest BCUT2D eigenvalue weighted by Crippen LogP contribution is 2.60. The van der Waals surface area contributed by atoms with Gasteiger partial charge in [0, 0.05) is 52.2 Å². The average Bonchev–Trinajstić information content (AvgIpc) is 3.46. The number of hydrogen-bond donors (Lipinski definition) is 0. The van der Waals surface area contributed by atoms with Crippen molar-refractivity contribution in [3.8, 4) is 28.4 Å². The van der Waals surface area contributed by atoms with Crippen molar-refractivity contribution in [2.24, 2.45) is 0 Å². The first kappa shape index (κ1) is 47.6. The van der Waals surface area contributed by atoms with E-state index in [0.29, 0.717) is 33.9 Å². The molecule has 5 aromatic carbocycles. The van der Waals surface area contributed by atoms with Gasteiger partial charge in [-0.05, 0) is 152 Å². The minimum absolute atomic E-state index is 0.134. The number of halogens is 3. The van der Waals surface area contributed by atoms with Gasteiger partial charge in [-0.2, -0.15) is 0 Å². The molecule has 2 heterocycles. The number of piperidine rings is 1. The number of fused-ring (bicyclic) bond motifs is 8. The molecule has 2 aliphatic heterocycles. The largest absolute Gasteiger partial charge is 0.681 e. The molecule has 352 valence electrons. The zero-order chi connectivity index (χ0) is 47.6.